The second kappa shape index (κ2) is 7.11. The Morgan fingerprint density at radius 2 is 1.95 bits per heavy atom. The minimum Gasteiger partial charge on any atom is -0.493 e. The highest BCUT2D eigenvalue weighted by molar-refractivity contribution is 5.97. The zero-order valence-corrected chi connectivity index (χ0v) is 12.4. The maximum Gasteiger partial charge on any atom is 0.257 e. The van der Waals surface area contributed by atoms with Crippen LogP contribution in [0.5, 0.6) is 5.75 Å². The molecule has 0 saturated carbocycles. The molecule has 5 heteroatoms. The normalized spacial score (nSPS) is 15.8. The second-order valence-corrected chi connectivity index (χ2v) is 5.34. The van der Waals surface area contributed by atoms with E-state index in [1.54, 1.807) is 6.07 Å². The molecular formula is C16H22N2O3. The first-order valence-corrected chi connectivity index (χ1v) is 7.41. The van der Waals surface area contributed by atoms with Crippen molar-refractivity contribution in [1.82, 2.24) is 4.90 Å². The smallest absolute Gasteiger partial charge is 0.257 e. The minimum absolute atomic E-state index is 0.00317. The Bertz CT molecular complexity index is 508. The van der Waals surface area contributed by atoms with Crippen molar-refractivity contribution in [1.29, 1.82) is 0 Å². The molecule has 0 radical (unpaired) electrons. The molecule has 0 bridgehead atoms. The lowest BCUT2D eigenvalue weighted by Gasteiger charge is -2.31. The van der Waals surface area contributed by atoms with E-state index in [1.807, 2.05) is 30.0 Å². The Labute approximate surface area is 125 Å². The fraction of sp³-hybridized carbons (Fsp3) is 0.500. The molecule has 2 amide bonds. The summed E-state index contributed by atoms with van der Waals surface area (Å²) in [6.07, 6.45) is 2.06. The van der Waals surface area contributed by atoms with Crippen LogP contribution in [-0.2, 0) is 4.79 Å². The van der Waals surface area contributed by atoms with E-state index in [4.69, 9.17) is 10.5 Å². The largest absolute Gasteiger partial charge is 0.493 e. The van der Waals surface area contributed by atoms with Crippen molar-refractivity contribution >= 4 is 11.8 Å². The predicted molar refractivity (Wildman–Crippen MR) is 80.0 cm³/mol. The molecule has 1 aromatic carbocycles. The maximum absolute atomic E-state index is 12.6. The minimum atomic E-state index is -0.263. The molecule has 1 saturated heterocycles. The van der Waals surface area contributed by atoms with Gasteiger partial charge in [0, 0.05) is 19.5 Å². The highest BCUT2D eigenvalue weighted by Gasteiger charge is 2.25. The van der Waals surface area contributed by atoms with Gasteiger partial charge in [-0.05, 0) is 37.8 Å². The Morgan fingerprint density at radius 1 is 1.29 bits per heavy atom. The number of hydrogen-bond acceptors (Lipinski definition) is 3. The molecule has 1 heterocycles. The van der Waals surface area contributed by atoms with Crippen molar-refractivity contribution in [2.45, 2.75) is 26.2 Å². The average molecular weight is 290 g/mol. The lowest BCUT2D eigenvalue weighted by molar-refractivity contribution is -0.119. The number of carbonyl (C=O) groups excluding carboxylic acids is 2. The fourth-order valence-corrected chi connectivity index (χ4v) is 2.72. The molecule has 1 aliphatic heterocycles. The number of hydrogen-bond donors (Lipinski definition) is 1. The number of benzene rings is 1. The van der Waals surface area contributed by atoms with Crippen molar-refractivity contribution in [2.24, 2.45) is 11.7 Å². The molecule has 0 atom stereocenters. The highest BCUT2D eigenvalue weighted by Crippen LogP contribution is 2.25. The molecule has 2 rings (SSSR count). The second-order valence-electron chi connectivity index (χ2n) is 5.34. The lowest BCUT2D eigenvalue weighted by atomic mass is 9.93. The first-order chi connectivity index (χ1) is 10.1. The van der Waals surface area contributed by atoms with Crippen molar-refractivity contribution in [3.8, 4) is 5.75 Å². The number of amides is 2. The SMILES string of the molecule is CCOc1ccccc1C(=O)N1CCC(CC(N)=O)CC1. The van der Waals surface area contributed by atoms with Gasteiger partial charge in [0.15, 0.2) is 0 Å². The molecule has 1 fully saturated rings. The van der Waals surface area contributed by atoms with E-state index in [-0.39, 0.29) is 11.8 Å². The Kier molecular flexibility index (Phi) is 5.20. The van der Waals surface area contributed by atoms with Crippen molar-refractivity contribution < 1.29 is 14.3 Å². The van der Waals surface area contributed by atoms with Crippen LogP contribution < -0.4 is 10.5 Å². The fourth-order valence-electron chi connectivity index (χ4n) is 2.72. The van der Waals surface area contributed by atoms with E-state index in [0.717, 1.165) is 12.8 Å². The van der Waals surface area contributed by atoms with Gasteiger partial charge in [0.25, 0.3) is 5.91 Å². The molecule has 0 unspecified atom stereocenters. The third-order valence-corrected chi connectivity index (χ3v) is 3.81. The summed E-state index contributed by atoms with van der Waals surface area (Å²) in [5, 5.41) is 0. The van der Waals surface area contributed by atoms with Gasteiger partial charge < -0.3 is 15.4 Å². The summed E-state index contributed by atoms with van der Waals surface area (Å²) in [4.78, 5) is 25.4. The number of primary amides is 1. The third-order valence-electron chi connectivity index (χ3n) is 3.81. The molecule has 0 aromatic heterocycles. The topological polar surface area (TPSA) is 72.6 Å². The zero-order chi connectivity index (χ0) is 15.2. The molecule has 0 spiro atoms. The molecule has 5 nitrogen and oxygen atoms in total. The van der Waals surface area contributed by atoms with E-state index >= 15 is 0 Å². The van der Waals surface area contributed by atoms with Crippen LogP contribution in [0.15, 0.2) is 24.3 Å². The van der Waals surface area contributed by atoms with Crippen molar-refractivity contribution in [3.05, 3.63) is 29.8 Å². The number of rotatable bonds is 5. The van der Waals surface area contributed by atoms with Gasteiger partial charge in [-0.25, -0.2) is 0 Å². The molecule has 2 N–H and O–H groups in total. The molecule has 21 heavy (non-hydrogen) atoms. The van der Waals surface area contributed by atoms with E-state index < -0.39 is 0 Å². The summed E-state index contributed by atoms with van der Waals surface area (Å²) in [5.41, 5.74) is 5.83. The van der Waals surface area contributed by atoms with E-state index in [1.165, 1.54) is 0 Å². The molecule has 1 aliphatic rings. The van der Waals surface area contributed by atoms with Gasteiger partial charge in [0.1, 0.15) is 5.75 Å². The number of nitrogens with two attached hydrogens (primary N) is 1. The first kappa shape index (κ1) is 15.4. The lowest BCUT2D eigenvalue weighted by Crippen LogP contribution is -2.39. The first-order valence-electron chi connectivity index (χ1n) is 7.41. The number of para-hydroxylation sites is 1. The van der Waals surface area contributed by atoms with Crippen molar-refractivity contribution in [3.63, 3.8) is 0 Å². The Morgan fingerprint density at radius 3 is 2.57 bits per heavy atom. The van der Waals surface area contributed by atoms with Gasteiger partial charge in [0.2, 0.25) is 5.91 Å². The van der Waals surface area contributed by atoms with Crippen LogP contribution in [-0.4, -0.2) is 36.4 Å². The Balaban J connectivity index is 2.00. The number of carbonyl (C=O) groups is 2. The van der Waals surface area contributed by atoms with Crippen LogP contribution in [0.1, 0.15) is 36.5 Å². The van der Waals surface area contributed by atoms with E-state index in [9.17, 15) is 9.59 Å². The van der Waals surface area contributed by atoms with E-state index in [0.29, 0.717) is 43.3 Å². The van der Waals surface area contributed by atoms with E-state index in [2.05, 4.69) is 0 Å². The summed E-state index contributed by atoms with van der Waals surface area (Å²) < 4.78 is 5.51. The summed E-state index contributed by atoms with van der Waals surface area (Å²) in [6, 6.07) is 7.32. The molecule has 0 aliphatic carbocycles. The summed E-state index contributed by atoms with van der Waals surface area (Å²) >= 11 is 0. The van der Waals surface area contributed by atoms with Gasteiger partial charge in [-0.2, -0.15) is 0 Å². The van der Waals surface area contributed by atoms with Crippen molar-refractivity contribution in [2.75, 3.05) is 19.7 Å². The number of likely N-dealkylation sites (tertiary alicyclic amines) is 1. The zero-order valence-electron chi connectivity index (χ0n) is 12.4. The maximum atomic E-state index is 12.6. The summed E-state index contributed by atoms with van der Waals surface area (Å²) in [5.74, 6) is 0.663. The van der Waals surface area contributed by atoms with Gasteiger partial charge in [-0.15, -0.1) is 0 Å². The third kappa shape index (κ3) is 3.97. The quantitative estimate of drug-likeness (QED) is 0.899. The number of nitrogens with zero attached hydrogens (tertiary/aromatic N) is 1. The molecular weight excluding hydrogens is 268 g/mol. The Hall–Kier alpha value is -2.04. The summed E-state index contributed by atoms with van der Waals surface area (Å²) in [6.45, 7) is 3.76. The summed E-state index contributed by atoms with van der Waals surface area (Å²) in [7, 11) is 0. The predicted octanol–water partition coefficient (Wildman–Crippen LogP) is 1.81. The molecule has 1 aromatic rings. The van der Waals surface area contributed by atoms with Gasteiger partial charge in [-0.3, -0.25) is 9.59 Å². The van der Waals surface area contributed by atoms with Gasteiger partial charge >= 0.3 is 0 Å². The average Bonchev–Trinajstić information content (AvgIpc) is 2.48. The van der Waals surface area contributed by atoms with Gasteiger partial charge in [-0.1, -0.05) is 12.1 Å². The van der Waals surface area contributed by atoms with Crippen LogP contribution in [0.4, 0.5) is 0 Å². The van der Waals surface area contributed by atoms with Crippen LogP contribution in [0.2, 0.25) is 0 Å². The standard InChI is InChI=1S/C16H22N2O3/c1-2-21-14-6-4-3-5-13(14)16(20)18-9-7-12(8-10-18)11-15(17)19/h3-6,12H,2,7-11H2,1H3,(H2,17,19). The van der Waals surface area contributed by atoms with Crippen LogP contribution in [0, 0.1) is 5.92 Å². The highest BCUT2D eigenvalue weighted by atomic mass is 16.5. The molecule has 114 valence electrons. The van der Waals surface area contributed by atoms with Crippen LogP contribution in [0.25, 0.3) is 0 Å². The van der Waals surface area contributed by atoms with Crippen LogP contribution >= 0.6 is 0 Å². The van der Waals surface area contributed by atoms with Crippen LogP contribution in [0.3, 0.4) is 0 Å². The number of ether oxygens (including phenoxy) is 1. The number of piperidine rings is 1. The monoisotopic (exact) mass is 290 g/mol. The van der Waals surface area contributed by atoms with Gasteiger partial charge in [0.05, 0.1) is 12.2 Å².